The van der Waals surface area contributed by atoms with E-state index >= 15 is 0 Å². The van der Waals surface area contributed by atoms with Crippen molar-refractivity contribution in [3.63, 3.8) is 0 Å². The molecule has 1 fully saturated rings. The smallest absolute Gasteiger partial charge is 0.252 e. The van der Waals surface area contributed by atoms with Gasteiger partial charge in [-0.1, -0.05) is 0 Å². The summed E-state index contributed by atoms with van der Waals surface area (Å²) in [5.74, 6) is 2.27. The van der Waals surface area contributed by atoms with Crippen LogP contribution in [0.4, 0.5) is 0 Å². The predicted molar refractivity (Wildman–Crippen MR) is 79.2 cm³/mol. The van der Waals surface area contributed by atoms with E-state index in [4.69, 9.17) is 0 Å². The zero-order valence-corrected chi connectivity index (χ0v) is 12.6. The van der Waals surface area contributed by atoms with Crippen LogP contribution in [0.5, 0.6) is 0 Å². The zero-order valence-electron chi connectivity index (χ0n) is 9.28. The number of thiol groups is 1. The summed E-state index contributed by atoms with van der Waals surface area (Å²) in [5, 5.41) is 3.09. The van der Waals surface area contributed by atoms with Crippen molar-refractivity contribution in [2.75, 3.05) is 11.5 Å². The first-order valence-electron chi connectivity index (χ1n) is 5.54. The SMILES string of the molecule is O=C(NC1CCSCC1)c1cc(S)ccc1Br. The zero-order chi connectivity index (χ0) is 12.3. The lowest BCUT2D eigenvalue weighted by Crippen LogP contribution is -2.37. The van der Waals surface area contributed by atoms with E-state index in [1.165, 1.54) is 0 Å². The second-order valence-electron chi connectivity index (χ2n) is 4.02. The van der Waals surface area contributed by atoms with Crippen molar-refractivity contribution in [2.24, 2.45) is 0 Å². The lowest BCUT2D eigenvalue weighted by Gasteiger charge is -2.22. The largest absolute Gasteiger partial charge is 0.349 e. The summed E-state index contributed by atoms with van der Waals surface area (Å²) in [6.07, 6.45) is 2.13. The Morgan fingerprint density at radius 3 is 2.82 bits per heavy atom. The van der Waals surface area contributed by atoms with Crippen molar-refractivity contribution in [1.82, 2.24) is 5.32 Å². The maximum atomic E-state index is 12.1. The number of amides is 1. The monoisotopic (exact) mass is 331 g/mol. The number of halogens is 1. The average Bonchev–Trinajstić information content (AvgIpc) is 2.33. The first-order valence-corrected chi connectivity index (χ1v) is 7.93. The van der Waals surface area contributed by atoms with Crippen molar-refractivity contribution < 1.29 is 4.79 Å². The first kappa shape index (κ1) is 13.3. The number of thioether (sulfide) groups is 1. The molecule has 1 heterocycles. The Morgan fingerprint density at radius 1 is 1.41 bits per heavy atom. The number of rotatable bonds is 2. The van der Waals surface area contributed by atoms with Crippen LogP contribution < -0.4 is 5.32 Å². The van der Waals surface area contributed by atoms with Gasteiger partial charge in [0.1, 0.15) is 0 Å². The van der Waals surface area contributed by atoms with Gasteiger partial charge in [0.05, 0.1) is 5.56 Å². The van der Waals surface area contributed by atoms with Gasteiger partial charge in [0.25, 0.3) is 5.91 Å². The van der Waals surface area contributed by atoms with Crippen LogP contribution in [0.1, 0.15) is 23.2 Å². The highest BCUT2D eigenvalue weighted by molar-refractivity contribution is 9.10. The van der Waals surface area contributed by atoms with E-state index in [-0.39, 0.29) is 5.91 Å². The molecule has 0 aliphatic carbocycles. The molecule has 1 amide bonds. The quantitative estimate of drug-likeness (QED) is 0.813. The minimum atomic E-state index is -0.00956. The summed E-state index contributed by atoms with van der Waals surface area (Å²) < 4.78 is 0.818. The predicted octanol–water partition coefficient (Wildman–Crippen LogP) is 3.36. The summed E-state index contributed by atoms with van der Waals surface area (Å²) in [6.45, 7) is 0. The van der Waals surface area contributed by atoms with Crippen LogP contribution in [-0.4, -0.2) is 23.5 Å². The van der Waals surface area contributed by atoms with Crippen LogP contribution in [0, 0.1) is 0 Å². The van der Waals surface area contributed by atoms with Crippen LogP contribution in [-0.2, 0) is 0 Å². The molecule has 1 aromatic rings. The highest BCUT2D eigenvalue weighted by atomic mass is 79.9. The van der Waals surface area contributed by atoms with E-state index in [1.807, 2.05) is 23.9 Å². The molecule has 1 N–H and O–H groups in total. The van der Waals surface area contributed by atoms with Crippen LogP contribution >= 0.6 is 40.3 Å². The van der Waals surface area contributed by atoms with Crippen molar-refractivity contribution in [1.29, 1.82) is 0 Å². The molecule has 1 saturated heterocycles. The standard InChI is InChI=1S/C12H14BrNOS2/c13-11-2-1-9(16)7-10(11)12(15)14-8-3-5-17-6-4-8/h1-2,7-8,16H,3-6H2,(H,14,15). The van der Waals surface area contributed by atoms with Crippen LogP contribution in [0.25, 0.3) is 0 Å². The van der Waals surface area contributed by atoms with Gasteiger partial charge in [0.15, 0.2) is 0 Å². The summed E-state index contributed by atoms with van der Waals surface area (Å²) in [4.78, 5) is 12.9. The Hall–Kier alpha value is -0.130. The molecule has 5 heteroatoms. The van der Waals surface area contributed by atoms with Crippen molar-refractivity contribution >= 4 is 46.2 Å². The minimum Gasteiger partial charge on any atom is -0.349 e. The van der Waals surface area contributed by atoms with Gasteiger partial charge in [-0.05, 0) is 58.5 Å². The number of hydrogen-bond donors (Lipinski definition) is 2. The lowest BCUT2D eigenvalue weighted by molar-refractivity contribution is 0.0934. The molecular weight excluding hydrogens is 318 g/mol. The first-order chi connectivity index (χ1) is 8.16. The Bertz CT molecular complexity index is 419. The summed E-state index contributed by atoms with van der Waals surface area (Å²) in [6, 6.07) is 5.83. The average molecular weight is 332 g/mol. The molecule has 2 nitrogen and oxygen atoms in total. The van der Waals surface area contributed by atoms with Gasteiger partial charge in [0, 0.05) is 15.4 Å². The second kappa shape index (κ2) is 6.16. The van der Waals surface area contributed by atoms with Crippen molar-refractivity contribution in [2.45, 2.75) is 23.8 Å². The van der Waals surface area contributed by atoms with Gasteiger partial charge in [-0.3, -0.25) is 4.79 Å². The fourth-order valence-corrected chi connectivity index (χ4v) is 3.53. The second-order valence-corrected chi connectivity index (χ2v) is 6.62. The van der Waals surface area contributed by atoms with Crippen LogP contribution in [0.3, 0.4) is 0 Å². The van der Waals surface area contributed by atoms with E-state index in [0.717, 1.165) is 33.7 Å². The molecule has 0 atom stereocenters. The molecule has 0 radical (unpaired) electrons. The number of benzene rings is 1. The third-order valence-corrected chi connectivity index (χ3v) is 4.77. The molecule has 0 saturated carbocycles. The maximum absolute atomic E-state index is 12.1. The Labute approximate surface area is 119 Å². The minimum absolute atomic E-state index is 0.00956. The third kappa shape index (κ3) is 3.66. The molecule has 0 bridgehead atoms. The van der Waals surface area contributed by atoms with Gasteiger partial charge < -0.3 is 5.32 Å². The lowest BCUT2D eigenvalue weighted by atomic mass is 10.1. The van der Waals surface area contributed by atoms with Gasteiger partial charge in [-0.25, -0.2) is 0 Å². The van der Waals surface area contributed by atoms with E-state index in [2.05, 4.69) is 33.9 Å². The topological polar surface area (TPSA) is 29.1 Å². The van der Waals surface area contributed by atoms with E-state index in [9.17, 15) is 4.79 Å². The molecular formula is C12H14BrNOS2. The normalized spacial score (nSPS) is 16.8. The Kier molecular flexibility index (Phi) is 4.82. The molecule has 17 heavy (non-hydrogen) atoms. The highest BCUT2D eigenvalue weighted by Gasteiger charge is 2.18. The van der Waals surface area contributed by atoms with Gasteiger partial charge in [-0.2, -0.15) is 11.8 Å². The molecule has 2 rings (SSSR count). The van der Waals surface area contributed by atoms with Gasteiger partial charge in [0.2, 0.25) is 0 Å². The Morgan fingerprint density at radius 2 is 2.12 bits per heavy atom. The van der Waals surface area contributed by atoms with Crippen molar-refractivity contribution in [3.05, 3.63) is 28.2 Å². The Balaban J connectivity index is 2.05. The van der Waals surface area contributed by atoms with Gasteiger partial charge in [-0.15, -0.1) is 12.6 Å². The molecule has 1 aliphatic heterocycles. The fourth-order valence-electron chi connectivity index (χ4n) is 1.79. The molecule has 1 aliphatic rings. The highest BCUT2D eigenvalue weighted by Crippen LogP contribution is 2.22. The maximum Gasteiger partial charge on any atom is 0.252 e. The molecule has 1 aromatic carbocycles. The van der Waals surface area contributed by atoms with E-state index < -0.39 is 0 Å². The van der Waals surface area contributed by atoms with E-state index in [0.29, 0.717) is 11.6 Å². The summed E-state index contributed by atoms with van der Waals surface area (Å²) in [7, 11) is 0. The van der Waals surface area contributed by atoms with Crippen LogP contribution in [0.2, 0.25) is 0 Å². The number of carbonyl (C=O) groups excluding carboxylic acids is 1. The van der Waals surface area contributed by atoms with Crippen LogP contribution in [0.15, 0.2) is 27.6 Å². The van der Waals surface area contributed by atoms with Gasteiger partial charge >= 0.3 is 0 Å². The molecule has 92 valence electrons. The summed E-state index contributed by atoms with van der Waals surface area (Å²) >= 11 is 9.61. The number of nitrogens with one attached hydrogen (secondary N) is 1. The number of carbonyl (C=O) groups is 1. The molecule has 0 unspecified atom stereocenters. The van der Waals surface area contributed by atoms with E-state index in [1.54, 1.807) is 6.07 Å². The van der Waals surface area contributed by atoms with Crippen molar-refractivity contribution in [3.8, 4) is 0 Å². The fraction of sp³-hybridized carbons (Fsp3) is 0.417. The number of hydrogen-bond acceptors (Lipinski definition) is 3. The molecule has 0 spiro atoms. The molecule has 0 aromatic heterocycles. The third-order valence-electron chi connectivity index (χ3n) is 2.75. The summed E-state index contributed by atoms with van der Waals surface area (Å²) in [5.41, 5.74) is 0.663.